The minimum Gasteiger partial charge on any atom is -0.394 e. The molecule has 0 aromatic carbocycles. The molecule has 7 nitrogen and oxygen atoms in total. The van der Waals surface area contributed by atoms with Crippen molar-refractivity contribution < 1.29 is 19.5 Å². The van der Waals surface area contributed by atoms with E-state index in [1.54, 1.807) is 16.7 Å². The smallest absolute Gasteiger partial charge is 0.244 e. The molecule has 0 radical (unpaired) electrons. The van der Waals surface area contributed by atoms with Gasteiger partial charge < -0.3 is 20.6 Å². The van der Waals surface area contributed by atoms with Crippen LogP contribution < -0.4 is 10.6 Å². The first-order valence-corrected chi connectivity index (χ1v) is 11.7. The number of rotatable bonds is 8. The molecule has 8 heteroatoms. The van der Waals surface area contributed by atoms with E-state index in [2.05, 4.69) is 17.6 Å². The summed E-state index contributed by atoms with van der Waals surface area (Å²) in [7, 11) is 0. The first-order chi connectivity index (χ1) is 13.7. The highest BCUT2D eigenvalue weighted by molar-refractivity contribution is 8.02. The van der Waals surface area contributed by atoms with E-state index in [9.17, 15) is 19.5 Å². The first-order valence-electron chi connectivity index (χ1n) is 10.9. The molecular formula is C21H35N3O4S. The number of thioether (sulfide) groups is 1. The standard InChI is InChI=1S/C21H35N3O4S/c1-6-10-22-17(26)14-15-19(28)24(13(7-2)11-25)16(18(27)23-12(3)4)21(15)9-8-20(14,5)29-21/h12-16,25H,6-11H2,1-5H3,(H,22,26)(H,23,27)/t13-,14+,15-,16?,20-,21?/m0/s1. The van der Waals surface area contributed by atoms with E-state index in [-0.39, 0.29) is 35.1 Å². The minimum absolute atomic E-state index is 0.0491. The summed E-state index contributed by atoms with van der Waals surface area (Å²) in [6, 6.07) is -1.13. The highest BCUT2D eigenvalue weighted by Crippen LogP contribution is 2.71. The van der Waals surface area contributed by atoms with E-state index in [0.29, 0.717) is 13.0 Å². The van der Waals surface area contributed by atoms with Gasteiger partial charge in [0.25, 0.3) is 0 Å². The number of carbonyl (C=O) groups is 3. The predicted octanol–water partition coefficient (Wildman–Crippen LogP) is 1.29. The average molecular weight is 426 g/mol. The van der Waals surface area contributed by atoms with Gasteiger partial charge in [0.2, 0.25) is 17.7 Å². The molecule has 2 unspecified atom stereocenters. The number of carbonyl (C=O) groups excluding carboxylic acids is 3. The van der Waals surface area contributed by atoms with E-state index in [1.165, 1.54) is 0 Å². The molecule has 164 valence electrons. The van der Waals surface area contributed by atoms with Gasteiger partial charge in [-0.05, 0) is 46.5 Å². The Hall–Kier alpha value is -1.28. The van der Waals surface area contributed by atoms with Gasteiger partial charge in [0.1, 0.15) is 6.04 Å². The lowest BCUT2D eigenvalue weighted by Crippen LogP contribution is -2.57. The number of aliphatic hydroxyl groups excluding tert-OH is 1. The molecule has 3 saturated heterocycles. The zero-order chi connectivity index (χ0) is 21.6. The van der Waals surface area contributed by atoms with Gasteiger partial charge in [-0.2, -0.15) is 0 Å². The molecule has 3 aliphatic heterocycles. The molecule has 29 heavy (non-hydrogen) atoms. The van der Waals surface area contributed by atoms with E-state index in [4.69, 9.17) is 0 Å². The maximum Gasteiger partial charge on any atom is 0.244 e. The van der Waals surface area contributed by atoms with Crippen LogP contribution in [0.1, 0.15) is 60.3 Å². The van der Waals surface area contributed by atoms with Crippen molar-refractivity contribution in [2.75, 3.05) is 13.2 Å². The number of likely N-dealkylation sites (tertiary alicyclic amines) is 1. The van der Waals surface area contributed by atoms with Crippen LogP contribution in [-0.4, -0.2) is 68.5 Å². The number of nitrogens with one attached hydrogen (secondary N) is 2. The Kier molecular flexibility index (Phi) is 6.26. The van der Waals surface area contributed by atoms with Crippen molar-refractivity contribution in [3.05, 3.63) is 0 Å². The quantitative estimate of drug-likeness (QED) is 0.544. The van der Waals surface area contributed by atoms with Crippen molar-refractivity contribution in [2.45, 2.75) is 87.9 Å². The summed E-state index contributed by atoms with van der Waals surface area (Å²) in [6.45, 7) is 10.2. The van der Waals surface area contributed by atoms with Crippen molar-refractivity contribution in [1.29, 1.82) is 0 Å². The first kappa shape index (κ1) is 22.4. The van der Waals surface area contributed by atoms with Gasteiger partial charge in [0, 0.05) is 17.3 Å². The lowest BCUT2D eigenvalue weighted by molar-refractivity contribution is -0.143. The van der Waals surface area contributed by atoms with E-state index in [1.807, 2.05) is 27.7 Å². The number of hydrogen-bond donors (Lipinski definition) is 3. The van der Waals surface area contributed by atoms with Gasteiger partial charge in [-0.15, -0.1) is 11.8 Å². The van der Waals surface area contributed by atoms with Crippen LogP contribution in [0.15, 0.2) is 0 Å². The molecule has 6 atom stereocenters. The van der Waals surface area contributed by atoms with Crippen molar-refractivity contribution in [3.63, 3.8) is 0 Å². The fourth-order valence-corrected chi connectivity index (χ4v) is 7.94. The van der Waals surface area contributed by atoms with Crippen LogP contribution in [0.5, 0.6) is 0 Å². The Morgan fingerprint density at radius 3 is 2.52 bits per heavy atom. The van der Waals surface area contributed by atoms with Crippen LogP contribution in [-0.2, 0) is 14.4 Å². The van der Waals surface area contributed by atoms with Gasteiger partial charge in [-0.3, -0.25) is 14.4 Å². The Morgan fingerprint density at radius 2 is 1.97 bits per heavy atom. The predicted molar refractivity (Wildman–Crippen MR) is 113 cm³/mol. The molecule has 0 aromatic heterocycles. The second-order valence-corrected chi connectivity index (χ2v) is 11.1. The van der Waals surface area contributed by atoms with Gasteiger partial charge in [0.15, 0.2) is 0 Å². The zero-order valence-corrected chi connectivity index (χ0v) is 19.0. The number of nitrogens with zero attached hydrogens (tertiary/aromatic N) is 1. The van der Waals surface area contributed by atoms with Crippen molar-refractivity contribution in [2.24, 2.45) is 11.8 Å². The van der Waals surface area contributed by atoms with E-state index in [0.717, 1.165) is 19.3 Å². The SMILES string of the molecule is CCCNC(=O)[C@H]1[C@H]2C(=O)N([C@@H](CC)CO)C(C(=O)NC(C)C)C23CC[C@]1(C)S3. The van der Waals surface area contributed by atoms with Crippen LogP contribution in [0, 0.1) is 11.8 Å². The highest BCUT2D eigenvalue weighted by Gasteiger charge is 2.77. The molecule has 1 spiro atoms. The molecule has 3 fully saturated rings. The largest absolute Gasteiger partial charge is 0.394 e. The summed E-state index contributed by atoms with van der Waals surface area (Å²) in [5, 5.41) is 15.9. The number of fused-ring (bicyclic) bond motifs is 1. The summed E-state index contributed by atoms with van der Waals surface area (Å²) in [6.07, 6.45) is 2.93. The third-order valence-corrected chi connectivity index (χ3v) is 8.79. The van der Waals surface area contributed by atoms with E-state index < -0.39 is 28.7 Å². The Labute approximate surface area is 177 Å². The van der Waals surface area contributed by atoms with Crippen LogP contribution in [0.3, 0.4) is 0 Å². The molecule has 2 bridgehead atoms. The normalized spacial score (nSPS) is 36.4. The molecule has 3 heterocycles. The summed E-state index contributed by atoms with van der Waals surface area (Å²) in [5.41, 5.74) is 0. The monoisotopic (exact) mass is 425 g/mol. The topological polar surface area (TPSA) is 98.7 Å². The lowest BCUT2D eigenvalue weighted by atomic mass is 9.66. The van der Waals surface area contributed by atoms with Crippen LogP contribution in [0.25, 0.3) is 0 Å². The fraction of sp³-hybridized carbons (Fsp3) is 0.857. The maximum absolute atomic E-state index is 13.7. The molecule has 0 saturated carbocycles. The number of amides is 3. The van der Waals surface area contributed by atoms with Crippen LogP contribution >= 0.6 is 11.8 Å². The summed E-state index contributed by atoms with van der Waals surface area (Å²) in [5.74, 6) is -1.37. The van der Waals surface area contributed by atoms with Crippen LogP contribution in [0.4, 0.5) is 0 Å². The highest BCUT2D eigenvalue weighted by atomic mass is 32.2. The third kappa shape index (κ3) is 3.36. The molecule has 3 amide bonds. The molecule has 0 aliphatic carbocycles. The van der Waals surface area contributed by atoms with Crippen molar-refractivity contribution in [1.82, 2.24) is 15.5 Å². The molecule has 3 aliphatic rings. The minimum atomic E-state index is -0.657. The number of aliphatic hydroxyl groups is 1. The Morgan fingerprint density at radius 1 is 1.28 bits per heavy atom. The van der Waals surface area contributed by atoms with Crippen molar-refractivity contribution >= 4 is 29.5 Å². The molecular weight excluding hydrogens is 390 g/mol. The molecule has 0 aromatic rings. The summed E-state index contributed by atoms with van der Waals surface area (Å²) < 4.78 is -0.955. The van der Waals surface area contributed by atoms with Gasteiger partial charge >= 0.3 is 0 Å². The van der Waals surface area contributed by atoms with Gasteiger partial charge in [0.05, 0.1) is 29.2 Å². The number of hydrogen-bond acceptors (Lipinski definition) is 5. The molecule has 3 rings (SSSR count). The third-order valence-electron chi connectivity index (χ3n) is 6.80. The zero-order valence-electron chi connectivity index (χ0n) is 18.2. The van der Waals surface area contributed by atoms with Crippen LogP contribution in [0.2, 0.25) is 0 Å². The second kappa shape index (κ2) is 8.10. The second-order valence-electron chi connectivity index (χ2n) is 9.17. The average Bonchev–Trinajstić information content (AvgIpc) is 3.22. The molecule has 3 N–H and O–H groups in total. The van der Waals surface area contributed by atoms with E-state index >= 15 is 0 Å². The van der Waals surface area contributed by atoms with Gasteiger partial charge in [-0.25, -0.2) is 0 Å². The summed E-state index contributed by atoms with van der Waals surface area (Å²) >= 11 is 1.67. The Bertz CT molecular complexity index is 683. The lowest BCUT2D eigenvalue weighted by Gasteiger charge is -2.37. The van der Waals surface area contributed by atoms with Crippen molar-refractivity contribution in [3.8, 4) is 0 Å². The maximum atomic E-state index is 13.7. The van der Waals surface area contributed by atoms with Gasteiger partial charge in [-0.1, -0.05) is 13.8 Å². The summed E-state index contributed by atoms with van der Waals surface area (Å²) in [4.78, 5) is 41.7. The fourth-order valence-electron chi connectivity index (χ4n) is 5.59. The Balaban J connectivity index is 2.06.